The minimum absolute atomic E-state index is 0. The number of nitrogens with one attached hydrogen (secondary N) is 1. The van der Waals surface area contributed by atoms with E-state index in [0.29, 0.717) is 23.4 Å². The topological polar surface area (TPSA) is 69.7 Å². The van der Waals surface area contributed by atoms with Gasteiger partial charge in [0.2, 0.25) is 0 Å². The van der Waals surface area contributed by atoms with Gasteiger partial charge < -0.3 is 10.2 Å². The molecule has 7 heteroatoms. The third kappa shape index (κ3) is 4.25. The molecule has 1 N–H and O–H groups in total. The number of benzene rings is 2. The van der Waals surface area contributed by atoms with Crippen LogP contribution in [0.5, 0.6) is 0 Å². The van der Waals surface area contributed by atoms with E-state index in [0.717, 1.165) is 31.6 Å². The molecule has 0 radical (unpaired) electrons. The van der Waals surface area contributed by atoms with E-state index in [-0.39, 0.29) is 35.7 Å². The van der Waals surface area contributed by atoms with Crippen molar-refractivity contribution in [1.29, 1.82) is 0 Å². The molecule has 3 amide bonds. The Kier molecular flexibility index (Phi) is 6.90. The Labute approximate surface area is 182 Å². The number of carbonyl (C=O) groups excluding carboxylic acids is 3. The van der Waals surface area contributed by atoms with Crippen LogP contribution < -0.4 is 10.2 Å². The Morgan fingerprint density at radius 2 is 1.70 bits per heavy atom. The van der Waals surface area contributed by atoms with Crippen molar-refractivity contribution >= 4 is 35.8 Å². The van der Waals surface area contributed by atoms with Crippen molar-refractivity contribution < 1.29 is 14.4 Å². The normalized spacial score (nSPS) is 15.8. The van der Waals surface area contributed by atoms with E-state index >= 15 is 0 Å². The highest BCUT2D eigenvalue weighted by Gasteiger charge is 2.37. The number of para-hydroxylation sites is 1. The summed E-state index contributed by atoms with van der Waals surface area (Å²) in [5.74, 6) is -0.955. The van der Waals surface area contributed by atoms with E-state index in [9.17, 15) is 14.4 Å². The first-order chi connectivity index (χ1) is 14.1. The van der Waals surface area contributed by atoms with Gasteiger partial charge in [0.05, 0.1) is 16.8 Å². The highest BCUT2D eigenvalue weighted by Crippen LogP contribution is 2.30. The van der Waals surface area contributed by atoms with E-state index in [1.165, 1.54) is 23.8 Å². The predicted octanol–water partition coefficient (Wildman–Crippen LogP) is 3.43. The van der Waals surface area contributed by atoms with Crippen LogP contribution in [0.2, 0.25) is 0 Å². The number of amides is 3. The lowest BCUT2D eigenvalue weighted by atomic mass is 10.1. The molecule has 4 rings (SSSR count). The molecule has 1 saturated heterocycles. The maximum absolute atomic E-state index is 12.9. The Balaban J connectivity index is 0.00000256. The number of fused-ring (bicyclic) bond motifs is 1. The summed E-state index contributed by atoms with van der Waals surface area (Å²) in [6.07, 6.45) is 3.41. The minimum atomic E-state index is -0.386. The molecule has 2 heterocycles. The molecular weight excluding hydrogens is 402 g/mol. The van der Waals surface area contributed by atoms with Crippen molar-refractivity contribution in [3.8, 4) is 0 Å². The maximum atomic E-state index is 12.9. The predicted molar refractivity (Wildman–Crippen MR) is 119 cm³/mol. The lowest BCUT2D eigenvalue weighted by Gasteiger charge is -2.16. The Bertz CT molecular complexity index is 970. The van der Waals surface area contributed by atoms with Crippen LogP contribution in [0, 0.1) is 6.92 Å². The van der Waals surface area contributed by atoms with Gasteiger partial charge in [-0.15, -0.1) is 12.4 Å². The quantitative estimate of drug-likeness (QED) is 0.566. The summed E-state index contributed by atoms with van der Waals surface area (Å²) in [5, 5.41) is 2.92. The van der Waals surface area contributed by atoms with E-state index < -0.39 is 0 Å². The van der Waals surface area contributed by atoms with Crippen LogP contribution in [0.1, 0.15) is 55.9 Å². The summed E-state index contributed by atoms with van der Waals surface area (Å²) in [6.45, 7) is 5.73. The number of halogens is 1. The highest BCUT2D eigenvalue weighted by atomic mass is 35.5. The van der Waals surface area contributed by atoms with Crippen LogP contribution in [0.15, 0.2) is 42.5 Å². The van der Waals surface area contributed by atoms with E-state index in [1.54, 1.807) is 24.3 Å². The van der Waals surface area contributed by atoms with Gasteiger partial charge in [0.25, 0.3) is 17.7 Å². The Morgan fingerprint density at radius 3 is 2.43 bits per heavy atom. The van der Waals surface area contributed by atoms with Crippen molar-refractivity contribution in [3.63, 3.8) is 0 Å². The van der Waals surface area contributed by atoms with Gasteiger partial charge in [0.1, 0.15) is 0 Å². The molecule has 158 valence electrons. The van der Waals surface area contributed by atoms with Crippen molar-refractivity contribution in [2.75, 3.05) is 31.1 Å². The zero-order valence-corrected chi connectivity index (χ0v) is 17.8. The van der Waals surface area contributed by atoms with Crippen molar-refractivity contribution in [1.82, 2.24) is 10.2 Å². The standard InChI is InChI=1S/C23H25N3O3.ClH/c1-16-7-2-3-8-20(16)26-22(28)18-10-9-17(15-19(18)23(26)29)21(27)24-11-6-14-25-12-4-5-13-25;/h2-3,7-10,15H,4-6,11-14H2,1H3,(H,24,27);1H. The SMILES string of the molecule is Cc1ccccc1N1C(=O)c2ccc(C(=O)NCCCN3CCCC3)cc2C1=O.Cl. The number of hydrogen-bond acceptors (Lipinski definition) is 4. The Morgan fingerprint density at radius 1 is 1.00 bits per heavy atom. The third-order valence-electron chi connectivity index (χ3n) is 5.64. The molecule has 0 bridgehead atoms. The lowest BCUT2D eigenvalue weighted by Crippen LogP contribution is -2.30. The average molecular weight is 428 g/mol. The summed E-state index contributed by atoms with van der Waals surface area (Å²) in [6, 6.07) is 12.0. The second kappa shape index (κ2) is 9.41. The van der Waals surface area contributed by atoms with Crippen molar-refractivity contribution in [3.05, 3.63) is 64.7 Å². The zero-order chi connectivity index (χ0) is 20.4. The summed E-state index contributed by atoms with van der Waals surface area (Å²) in [4.78, 5) is 41.8. The molecule has 0 aromatic heterocycles. The number of nitrogens with zero attached hydrogens (tertiary/aromatic N) is 2. The van der Waals surface area contributed by atoms with Gasteiger partial charge in [-0.25, -0.2) is 4.90 Å². The van der Waals surface area contributed by atoms with Crippen LogP contribution in [0.4, 0.5) is 5.69 Å². The fourth-order valence-electron chi connectivity index (χ4n) is 4.03. The minimum Gasteiger partial charge on any atom is -0.352 e. The summed E-state index contributed by atoms with van der Waals surface area (Å²) >= 11 is 0. The van der Waals surface area contributed by atoms with E-state index in [4.69, 9.17) is 0 Å². The molecule has 0 spiro atoms. The smallest absolute Gasteiger partial charge is 0.266 e. The van der Waals surface area contributed by atoms with Gasteiger partial charge >= 0.3 is 0 Å². The molecule has 6 nitrogen and oxygen atoms in total. The van der Waals surface area contributed by atoms with Crippen LogP contribution in [0.3, 0.4) is 0 Å². The van der Waals surface area contributed by atoms with Crippen LogP contribution in [0.25, 0.3) is 0 Å². The summed E-state index contributed by atoms with van der Waals surface area (Å²) in [7, 11) is 0. The number of anilines is 1. The number of likely N-dealkylation sites (tertiary alicyclic amines) is 1. The van der Waals surface area contributed by atoms with Gasteiger partial charge in [-0.3, -0.25) is 14.4 Å². The third-order valence-corrected chi connectivity index (χ3v) is 5.64. The van der Waals surface area contributed by atoms with Gasteiger partial charge in [0.15, 0.2) is 0 Å². The van der Waals surface area contributed by atoms with E-state index in [1.807, 2.05) is 19.1 Å². The molecule has 0 atom stereocenters. The van der Waals surface area contributed by atoms with Crippen LogP contribution in [-0.4, -0.2) is 48.8 Å². The summed E-state index contributed by atoms with van der Waals surface area (Å²) in [5.41, 5.74) is 2.44. The number of rotatable bonds is 6. The van der Waals surface area contributed by atoms with Crippen LogP contribution >= 0.6 is 12.4 Å². The first-order valence-corrected chi connectivity index (χ1v) is 10.2. The fraction of sp³-hybridized carbons (Fsp3) is 0.348. The average Bonchev–Trinajstić information content (AvgIpc) is 3.33. The molecule has 2 aromatic carbocycles. The van der Waals surface area contributed by atoms with Gasteiger partial charge in [-0.1, -0.05) is 18.2 Å². The maximum Gasteiger partial charge on any atom is 0.266 e. The van der Waals surface area contributed by atoms with Crippen LogP contribution in [-0.2, 0) is 0 Å². The van der Waals surface area contributed by atoms with E-state index in [2.05, 4.69) is 10.2 Å². The highest BCUT2D eigenvalue weighted by molar-refractivity contribution is 6.35. The molecule has 30 heavy (non-hydrogen) atoms. The molecule has 2 aromatic rings. The van der Waals surface area contributed by atoms with Crippen molar-refractivity contribution in [2.45, 2.75) is 26.2 Å². The molecule has 2 aliphatic heterocycles. The van der Waals surface area contributed by atoms with Gasteiger partial charge in [0, 0.05) is 12.1 Å². The van der Waals surface area contributed by atoms with Crippen molar-refractivity contribution in [2.24, 2.45) is 0 Å². The first-order valence-electron chi connectivity index (χ1n) is 10.2. The largest absolute Gasteiger partial charge is 0.352 e. The summed E-state index contributed by atoms with van der Waals surface area (Å²) < 4.78 is 0. The molecule has 0 aliphatic carbocycles. The molecular formula is C23H26ClN3O3. The number of hydrogen-bond donors (Lipinski definition) is 1. The zero-order valence-electron chi connectivity index (χ0n) is 17.0. The fourth-order valence-corrected chi connectivity index (χ4v) is 4.03. The number of aryl methyl sites for hydroxylation is 1. The second-order valence-electron chi connectivity index (χ2n) is 7.65. The molecule has 2 aliphatic rings. The monoisotopic (exact) mass is 427 g/mol. The molecule has 0 saturated carbocycles. The number of imide groups is 1. The van der Waals surface area contributed by atoms with Gasteiger partial charge in [-0.05, 0) is 75.6 Å². The van der Waals surface area contributed by atoms with Gasteiger partial charge in [-0.2, -0.15) is 0 Å². The molecule has 1 fully saturated rings. The first kappa shape index (κ1) is 22.0. The number of carbonyl (C=O) groups is 3. The lowest BCUT2D eigenvalue weighted by molar-refractivity contribution is 0.0923. The Hall–Kier alpha value is -2.70. The molecule has 0 unspecified atom stereocenters. The second-order valence-corrected chi connectivity index (χ2v) is 7.65.